The second-order valence-electron chi connectivity index (χ2n) is 5.42. The van der Waals surface area contributed by atoms with E-state index in [1.54, 1.807) is 13.3 Å². The molecular weight excluding hydrogens is 240 g/mol. The van der Waals surface area contributed by atoms with Crippen molar-refractivity contribution in [2.45, 2.75) is 32.3 Å². The van der Waals surface area contributed by atoms with Gasteiger partial charge < -0.3 is 15.4 Å². The number of methoxy groups -OCH3 is 1. The maximum absolute atomic E-state index is 7.76. The van der Waals surface area contributed by atoms with E-state index in [1.807, 2.05) is 13.0 Å². The molecule has 5 heteroatoms. The molecule has 0 amide bonds. The zero-order chi connectivity index (χ0) is 14.0. The SMILES string of the molecule is COC1(C)CCCN(c2nccc(C)c2C(=N)N)C1. The van der Waals surface area contributed by atoms with Gasteiger partial charge in [0.2, 0.25) is 0 Å². The van der Waals surface area contributed by atoms with Crippen LogP contribution in [0.2, 0.25) is 0 Å². The highest BCUT2D eigenvalue weighted by atomic mass is 16.5. The molecule has 1 aromatic heterocycles. The Morgan fingerprint density at radius 3 is 2.95 bits per heavy atom. The largest absolute Gasteiger partial charge is 0.384 e. The lowest BCUT2D eigenvalue weighted by molar-refractivity contribution is -0.00482. The van der Waals surface area contributed by atoms with Crippen LogP contribution in [0.15, 0.2) is 12.3 Å². The lowest BCUT2D eigenvalue weighted by atomic mass is 9.94. The number of hydrogen-bond donors (Lipinski definition) is 2. The number of pyridine rings is 1. The van der Waals surface area contributed by atoms with Crippen LogP contribution in [0.25, 0.3) is 0 Å². The summed E-state index contributed by atoms with van der Waals surface area (Å²) < 4.78 is 5.61. The molecule has 104 valence electrons. The monoisotopic (exact) mass is 262 g/mol. The Bertz CT molecular complexity index is 488. The minimum absolute atomic E-state index is 0.0743. The van der Waals surface area contributed by atoms with Crippen LogP contribution in [0.4, 0.5) is 5.82 Å². The first-order chi connectivity index (χ1) is 8.97. The number of anilines is 1. The Labute approximate surface area is 114 Å². The molecule has 1 aliphatic heterocycles. The van der Waals surface area contributed by atoms with Gasteiger partial charge in [0.25, 0.3) is 0 Å². The Morgan fingerprint density at radius 1 is 1.58 bits per heavy atom. The van der Waals surface area contributed by atoms with Gasteiger partial charge in [0.05, 0.1) is 11.2 Å². The van der Waals surface area contributed by atoms with E-state index in [2.05, 4.69) is 16.8 Å². The molecule has 0 saturated carbocycles. The number of ether oxygens (including phenoxy) is 1. The Kier molecular flexibility index (Phi) is 3.75. The summed E-state index contributed by atoms with van der Waals surface area (Å²) in [5.74, 6) is 0.876. The van der Waals surface area contributed by atoms with Crippen molar-refractivity contribution >= 4 is 11.7 Å². The number of piperidine rings is 1. The average molecular weight is 262 g/mol. The number of hydrogen-bond acceptors (Lipinski definition) is 4. The minimum Gasteiger partial charge on any atom is -0.384 e. The molecule has 1 saturated heterocycles. The van der Waals surface area contributed by atoms with Crippen LogP contribution in [-0.2, 0) is 4.74 Å². The summed E-state index contributed by atoms with van der Waals surface area (Å²) in [7, 11) is 1.75. The Hall–Kier alpha value is -1.62. The lowest BCUT2D eigenvalue weighted by Crippen LogP contribution is -2.48. The van der Waals surface area contributed by atoms with Gasteiger partial charge in [0, 0.05) is 26.4 Å². The van der Waals surface area contributed by atoms with Gasteiger partial charge in [0.1, 0.15) is 11.7 Å². The van der Waals surface area contributed by atoms with Gasteiger partial charge >= 0.3 is 0 Å². The fourth-order valence-corrected chi connectivity index (χ4v) is 2.67. The van der Waals surface area contributed by atoms with Crippen LogP contribution in [0.3, 0.4) is 0 Å². The molecule has 2 heterocycles. The van der Waals surface area contributed by atoms with E-state index in [9.17, 15) is 0 Å². The zero-order valence-electron chi connectivity index (χ0n) is 11.9. The highest BCUT2D eigenvalue weighted by Crippen LogP contribution is 2.29. The first kappa shape index (κ1) is 13.8. The van der Waals surface area contributed by atoms with Crippen LogP contribution >= 0.6 is 0 Å². The van der Waals surface area contributed by atoms with E-state index in [4.69, 9.17) is 15.9 Å². The van der Waals surface area contributed by atoms with Gasteiger partial charge in [-0.1, -0.05) is 0 Å². The Morgan fingerprint density at radius 2 is 2.32 bits per heavy atom. The number of nitrogens with one attached hydrogen (secondary N) is 1. The van der Waals surface area contributed by atoms with Crippen LogP contribution in [0.5, 0.6) is 0 Å². The number of nitrogens with zero attached hydrogens (tertiary/aromatic N) is 2. The van der Waals surface area contributed by atoms with Crippen molar-refractivity contribution in [1.82, 2.24) is 4.98 Å². The summed E-state index contributed by atoms with van der Waals surface area (Å²) in [6.45, 7) is 5.78. The van der Waals surface area contributed by atoms with E-state index in [0.717, 1.165) is 42.9 Å². The lowest BCUT2D eigenvalue weighted by Gasteiger charge is -2.40. The molecule has 1 fully saturated rings. The predicted molar refractivity (Wildman–Crippen MR) is 76.9 cm³/mol. The summed E-state index contributed by atoms with van der Waals surface area (Å²) in [6, 6.07) is 1.89. The number of amidine groups is 1. The molecule has 1 aromatic rings. The third-order valence-corrected chi connectivity index (χ3v) is 3.86. The molecule has 1 aliphatic rings. The molecule has 0 aromatic carbocycles. The topological polar surface area (TPSA) is 75.2 Å². The van der Waals surface area contributed by atoms with Gasteiger partial charge in [-0.25, -0.2) is 4.98 Å². The van der Waals surface area contributed by atoms with Gasteiger partial charge in [0.15, 0.2) is 0 Å². The molecular formula is C14H22N4O. The van der Waals surface area contributed by atoms with Gasteiger partial charge in [-0.3, -0.25) is 5.41 Å². The second kappa shape index (κ2) is 5.17. The van der Waals surface area contributed by atoms with Gasteiger partial charge in [-0.15, -0.1) is 0 Å². The molecule has 0 radical (unpaired) electrons. The average Bonchev–Trinajstić information content (AvgIpc) is 2.38. The van der Waals surface area contributed by atoms with Crippen molar-refractivity contribution in [3.05, 3.63) is 23.4 Å². The summed E-state index contributed by atoms with van der Waals surface area (Å²) in [6.07, 6.45) is 3.87. The second-order valence-corrected chi connectivity index (χ2v) is 5.42. The maximum atomic E-state index is 7.76. The fourth-order valence-electron chi connectivity index (χ4n) is 2.67. The van der Waals surface area contributed by atoms with E-state index >= 15 is 0 Å². The number of nitrogen functional groups attached to an aromatic ring is 1. The number of rotatable bonds is 3. The molecule has 1 atom stereocenters. The molecule has 0 bridgehead atoms. The third kappa shape index (κ3) is 2.71. The van der Waals surface area contributed by atoms with E-state index in [0.29, 0.717) is 0 Å². The van der Waals surface area contributed by atoms with Crippen molar-refractivity contribution in [3.8, 4) is 0 Å². The van der Waals surface area contributed by atoms with Crippen molar-refractivity contribution in [2.75, 3.05) is 25.1 Å². The van der Waals surface area contributed by atoms with Crippen LogP contribution in [-0.4, -0.2) is 36.6 Å². The quantitative estimate of drug-likeness (QED) is 0.642. The van der Waals surface area contributed by atoms with Crippen LogP contribution in [0, 0.1) is 12.3 Å². The number of nitrogens with two attached hydrogens (primary N) is 1. The van der Waals surface area contributed by atoms with E-state index < -0.39 is 0 Å². The van der Waals surface area contributed by atoms with E-state index in [1.165, 1.54) is 0 Å². The summed E-state index contributed by atoms with van der Waals surface area (Å²) >= 11 is 0. The third-order valence-electron chi connectivity index (χ3n) is 3.86. The van der Waals surface area contributed by atoms with Crippen molar-refractivity contribution < 1.29 is 4.74 Å². The summed E-state index contributed by atoms with van der Waals surface area (Å²) in [5, 5.41) is 7.76. The minimum atomic E-state index is -0.155. The summed E-state index contributed by atoms with van der Waals surface area (Å²) in [5.41, 5.74) is 7.28. The fraction of sp³-hybridized carbons (Fsp3) is 0.571. The van der Waals surface area contributed by atoms with Crippen molar-refractivity contribution in [2.24, 2.45) is 5.73 Å². The normalized spacial score (nSPS) is 23.4. The standard InChI is InChI=1S/C14H22N4O/c1-10-5-7-17-13(11(10)12(15)16)18-8-4-6-14(2,9-18)19-3/h5,7H,4,6,8-9H2,1-3H3,(H3,15,16). The highest BCUT2D eigenvalue weighted by molar-refractivity contribution is 6.01. The van der Waals surface area contributed by atoms with E-state index in [-0.39, 0.29) is 11.4 Å². The molecule has 1 unspecified atom stereocenters. The van der Waals surface area contributed by atoms with Gasteiger partial charge in [-0.05, 0) is 38.3 Å². The molecule has 3 N–H and O–H groups in total. The first-order valence-corrected chi connectivity index (χ1v) is 6.57. The van der Waals surface area contributed by atoms with Crippen LogP contribution < -0.4 is 10.6 Å². The maximum Gasteiger partial charge on any atom is 0.139 e. The number of aromatic nitrogens is 1. The molecule has 2 rings (SSSR count). The van der Waals surface area contributed by atoms with Crippen molar-refractivity contribution in [3.63, 3.8) is 0 Å². The Balaban J connectivity index is 2.37. The smallest absolute Gasteiger partial charge is 0.139 e. The molecule has 0 spiro atoms. The zero-order valence-corrected chi connectivity index (χ0v) is 11.9. The number of aryl methyl sites for hydroxylation is 1. The summed E-state index contributed by atoms with van der Waals surface area (Å²) in [4.78, 5) is 6.61. The molecule has 0 aliphatic carbocycles. The molecule has 19 heavy (non-hydrogen) atoms. The first-order valence-electron chi connectivity index (χ1n) is 6.57. The molecule has 5 nitrogen and oxygen atoms in total. The highest BCUT2D eigenvalue weighted by Gasteiger charge is 2.32. The van der Waals surface area contributed by atoms with Gasteiger partial charge in [-0.2, -0.15) is 0 Å². The predicted octanol–water partition coefficient (Wildman–Crippen LogP) is 1.68. The van der Waals surface area contributed by atoms with Crippen LogP contribution in [0.1, 0.15) is 30.9 Å². The van der Waals surface area contributed by atoms with Crippen molar-refractivity contribution in [1.29, 1.82) is 5.41 Å².